The van der Waals surface area contributed by atoms with Crippen molar-refractivity contribution in [2.45, 2.75) is 32.2 Å². The quantitative estimate of drug-likeness (QED) is 0.596. The topological polar surface area (TPSA) is 29.4 Å². The van der Waals surface area contributed by atoms with E-state index >= 15 is 0 Å². The molecule has 1 aliphatic rings. The zero-order valence-corrected chi connectivity index (χ0v) is 10.4. The van der Waals surface area contributed by atoms with Crippen molar-refractivity contribution in [3.8, 4) is 0 Å². The van der Waals surface area contributed by atoms with Crippen molar-refractivity contribution in [2.75, 3.05) is 0 Å². The summed E-state index contributed by atoms with van der Waals surface area (Å²) in [6.45, 7) is 4.12. The summed E-state index contributed by atoms with van der Waals surface area (Å²) in [5.74, 6) is 0. The van der Waals surface area contributed by atoms with Crippen molar-refractivity contribution in [1.82, 2.24) is 0 Å². The maximum Gasteiger partial charge on any atom is 0.235 e. The highest BCUT2D eigenvalue weighted by Gasteiger charge is 2.45. The van der Waals surface area contributed by atoms with E-state index in [2.05, 4.69) is 46.9 Å². The summed E-state index contributed by atoms with van der Waals surface area (Å²) in [6, 6.07) is 4.13. The first kappa shape index (κ1) is 10.6. The van der Waals surface area contributed by atoms with Gasteiger partial charge in [0.05, 0.1) is 5.54 Å². The molecule has 0 amide bonds. The van der Waals surface area contributed by atoms with Gasteiger partial charge in [0.2, 0.25) is 6.08 Å². The van der Waals surface area contributed by atoms with Crippen molar-refractivity contribution >= 4 is 22.0 Å². The van der Waals surface area contributed by atoms with Crippen LogP contribution >= 0.6 is 15.9 Å². The summed E-state index contributed by atoms with van der Waals surface area (Å²) in [6.07, 6.45) is 3.60. The molecule has 0 aliphatic heterocycles. The third-order valence-corrected chi connectivity index (χ3v) is 4.28. The molecule has 15 heavy (non-hydrogen) atoms. The van der Waals surface area contributed by atoms with Crippen LogP contribution in [-0.4, -0.2) is 6.08 Å². The summed E-state index contributed by atoms with van der Waals surface area (Å²) >= 11 is 3.56. The number of nitrogens with zero attached hydrogens (tertiary/aromatic N) is 1. The summed E-state index contributed by atoms with van der Waals surface area (Å²) in [4.78, 5) is 14.3. The lowest BCUT2D eigenvalue weighted by Gasteiger charge is -2.14. The highest BCUT2D eigenvalue weighted by atomic mass is 79.9. The normalized spacial score (nSPS) is 17.0. The fourth-order valence-corrected chi connectivity index (χ4v) is 2.32. The molecule has 0 atom stereocenters. The van der Waals surface area contributed by atoms with Gasteiger partial charge in [-0.3, -0.25) is 0 Å². The van der Waals surface area contributed by atoms with Gasteiger partial charge >= 0.3 is 0 Å². The van der Waals surface area contributed by atoms with Crippen molar-refractivity contribution in [3.05, 3.63) is 33.3 Å². The molecule has 0 spiro atoms. The second-order valence-electron chi connectivity index (χ2n) is 4.10. The van der Waals surface area contributed by atoms with Crippen LogP contribution in [0, 0.1) is 13.8 Å². The second kappa shape index (κ2) is 3.58. The number of hydrogen-bond acceptors (Lipinski definition) is 2. The lowest BCUT2D eigenvalue weighted by molar-refractivity contribution is 0.556. The van der Waals surface area contributed by atoms with Crippen LogP contribution in [0.1, 0.15) is 29.5 Å². The van der Waals surface area contributed by atoms with E-state index in [4.69, 9.17) is 0 Å². The number of carbonyl (C=O) groups excluding carboxylic acids is 1. The molecule has 3 heteroatoms. The van der Waals surface area contributed by atoms with Gasteiger partial charge in [0.25, 0.3) is 0 Å². The fraction of sp³-hybridized carbons (Fsp3) is 0.417. The average Bonchev–Trinajstić information content (AvgIpc) is 2.96. The molecule has 0 unspecified atom stereocenters. The first-order valence-corrected chi connectivity index (χ1v) is 5.75. The molecule has 2 nitrogen and oxygen atoms in total. The predicted octanol–water partition coefficient (Wildman–Crippen LogP) is 3.39. The molecule has 0 N–H and O–H groups in total. The molecule has 1 aromatic rings. The van der Waals surface area contributed by atoms with Crippen LogP contribution in [0.4, 0.5) is 0 Å². The Morgan fingerprint density at radius 3 is 2.60 bits per heavy atom. The van der Waals surface area contributed by atoms with E-state index in [1.54, 1.807) is 6.08 Å². The first-order valence-electron chi connectivity index (χ1n) is 4.96. The molecule has 1 aromatic carbocycles. The Balaban J connectivity index is 2.55. The zero-order chi connectivity index (χ0) is 11.1. The molecule has 0 saturated heterocycles. The molecular formula is C12H12BrNO. The Bertz CT molecular complexity index is 457. The molecule has 0 radical (unpaired) electrons. The van der Waals surface area contributed by atoms with E-state index in [1.165, 1.54) is 11.1 Å². The van der Waals surface area contributed by atoms with Crippen molar-refractivity contribution < 1.29 is 4.79 Å². The Labute approximate surface area is 97.5 Å². The summed E-state index contributed by atoms with van der Waals surface area (Å²) in [7, 11) is 0. The fourth-order valence-electron chi connectivity index (χ4n) is 1.97. The summed E-state index contributed by atoms with van der Waals surface area (Å²) < 4.78 is 1.12. The van der Waals surface area contributed by atoms with Gasteiger partial charge in [0.1, 0.15) is 0 Å². The van der Waals surface area contributed by atoms with Gasteiger partial charge in [-0.25, -0.2) is 4.79 Å². The van der Waals surface area contributed by atoms with E-state index in [0.29, 0.717) is 0 Å². The van der Waals surface area contributed by atoms with Crippen molar-refractivity contribution in [2.24, 2.45) is 4.99 Å². The van der Waals surface area contributed by atoms with Gasteiger partial charge in [0, 0.05) is 4.47 Å². The maximum absolute atomic E-state index is 10.4. The lowest BCUT2D eigenvalue weighted by Crippen LogP contribution is -2.05. The van der Waals surface area contributed by atoms with Crippen LogP contribution in [0.2, 0.25) is 0 Å². The largest absolute Gasteiger partial charge is 0.235 e. The van der Waals surface area contributed by atoms with Crippen LogP contribution in [0.15, 0.2) is 21.6 Å². The van der Waals surface area contributed by atoms with Gasteiger partial charge in [-0.15, -0.1) is 0 Å². The van der Waals surface area contributed by atoms with E-state index in [-0.39, 0.29) is 5.54 Å². The maximum atomic E-state index is 10.4. The SMILES string of the molecule is Cc1ccc(C2(N=C=O)CC2)c(C)c1Br. The van der Waals surface area contributed by atoms with Gasteiger partial charge in [0.15, 0.2) is 0 Å². The zero-order valence-electron chi connectivity index (χ0n) is 8.80. The molecule has 0 bridgehead atoms. The van der Waals surface area contributed by atoms with Gasteiger partial charge < -0.3 is 0 Å². The van der Waals surface area contributed by atoms with Crippen LogP contribution in [-0.2, 0) is 10.3 Å². The Hall–Kier alpha value is -0.920. The van der Waals surface area contributed by atoms with E-state index < -0.39 is 0 Å². The molecule has 1 saturated carbocycles. The standard InChI is InChI=1S/C12H12BrNO/c1-8-3-4-10(9(2)11(8)13)12(5-6-12)14-7-15/h3-4H,5-6H2,1-2H3. The average molecular weight is 266 g/mol. The highest BCUT2D eigenvalue weighted by molar-refractivity contribution is 9.10. The van der Waals surface area contributed by atoms with E-state index in [0.717, 1.165) is 22.9 Å². The van der Waals surface area contributed by atoms with Gasteiger partial charge in [-0.2, -0.15) is 4.99 Å². The van der Waals surface area contributed by atoms with E-state index in [9.17, 15) is 4.79 Å². The number of isocyanates is 1. The Morgan fingerprint density at radius 2 is 2.07 bits per heavy atom. The van der Waals surface area contributed by atoms with Crippen molar-refractivity contribution in [1.29, 1.82) is 0 Å². The highest BCUT2D eigenvalue weighted by Crippen LogP contribution is 2.51. The van der Waals surface area contributed by atoms with E-state index in [1.807, 2.05) is 0 Å². The molecule has 78 valence electrons. The number of aryl methyl sites for hydroxylation is 1. The minimum atomic E-state index is -0.262. The third kappa shape index (κ3) is 1.66. The predicted molar refractivity (Wildman–Crippen MR) is 62.6 cm³/mol. The Kier molecular flexibility index (Phi) is 2.53. The van der Waals surface area contributed by atoms with Crippen LogP contribution < -0.4 is 0 Å². The summed E-state index contributed by atoms with van der Waals surface area (Å²) in [5.41, 5.74) is 3.29. The number of halogens is 1. The third-order valence-electron chi connectivity index (χ3n) is 3.06. The van der Waals surface area contributed by atoms with Crippen molar-refractivity contribution in [3.63, 3.8) is 0 Å². The molecule has 1 aliphatic carbocycles. The molecule has 2 rings (SSSR count). The van der Waals surface area contributed by atoms with Crippen LogP contribution in [0.5, 0.6) is 0 Å². The molecule has 1 fully saturated rings. The number of aliphatic imine (C=N–C) groups is 1. The monoisotopic (exact) mass is 265 g/mol. The molecule has 0 aromatic heterocycles. The van der Waals surface area contributed by atoms with Gasteiger partial charge in [-0.05, 0) is 43.4 Å². The van der Waals surface area contributed by atoms with Crippen LogP contribution in [0.3, 0.4) is 0 Å². The smallest absolute Gasteiger partial charge is 0.211 e. The Morgan fingerprint density at radius 1 is 1.40 bits per heavy atom. The number of benzene rings is 1. The van der Waals surface area contributed by atoms with Gasteiger partial charge in [-0.1, -0.05) is 28.1 Å². The second-order valence-corrected chi connectivity index (χ2v) is 4.90. The van der Waals surface area contributed by atoms with Crippen LogP contribution in [0.25, 0.3) is 0 Å². The lowest BCUT2D eigenvalue weighted by atomic mass is 9.98. The molecule has 0 heterocycles. The minimum absolute atomic E-state index is 0.262. The first-order chi connectivity index (χ1) is 7.10. The molecular weight excluding hydrogens is 254 g/mol. The summed E-state index contributed by atoms with van der Waals surface area (Å²) in [5, 5.41) is 0. The number of rotatable bonds is 2. The number of hydrogen-bond donors (Lipinski definition) is 0. The minimum Gasteiger partial charge on any atom is -0.211 e.